The third kappa shape index (κ3) is 3.81. The van der Waals surface area contributed by atoms with E-state index in [2.05, 4.69) is 30.1 Å². The summed E-state index contributed by atoms with van der Waals surface area (Å²) in [6.07, 6.45) is 0.887. The Balaban J connectivity index is 0.00000242. The first-order chi connectivity index (χ1) is 9.74. The van der Waals surface area contributed by atoms with Crippen LogP contribution >= 0.6 is 11.3 Å². The van der Waals surface area contributed by atoms with E-state index in [1.54, 1.807) is 11.3 Å². The maximum atomic E-state index is 12.2. The molecule has 0 fully saturated rings. The van der Waals surface area contributed by atoms with E-state index >= 15 is 0 Å². The van der Waals surface area contributed by atoms with E-state index in [9.17, 15) is 10.1 Å². The minimum Gasteiger partial charge on any atom is -1.00 e. The van der Waals surface area contributed by atoms with Crippen molar-refractivity contribution in [1.29, 1.82) is 5.26 Å². The predicted octanol–water partition coefficient (Wildman–Crippen LogP) is 0.375. The van der Waals surface area contributed by atoms with Crippen LogP contribution in [0, 0.1) is 16.7 Å². The highest BCUT2D eigenvalue weighted by molar-refractivity contribution is 7.16. The van der Waals surface area contributed by atoms with Gasteiger partial charge in [0.25, 0.3) is 0 Å². The van der Waals surface area contributed by atoms with Crippen molar-refractivity contribution in [1.82, 2.24) is 4.90 Å². The second kappa shape index (κ2) is 6.99. The summed E-state index contributed by atoms with van der Waals surface area (Å²) in [7, 11) is 0. The van der Waals surface area contributed by atoms with E-state index in [4.69, 9.17) is 0 Å². The van der Waals surface area contributed by atoms with Crippen molar-refractivity contribution in [3.05, 3.63) is 16.0 Å². The van der Waals surface area contributed by atoms with Gasteiger partial charge in [0.2, 0.25) is 5.91 Å². The number of nitriles is 1. The van der Waals surface area contributed by atoms with Crippen molar-refractivity contribution in [3.8, 4) is 6.07 Å². The molecule has 1 N–H and O–H groups in total. The third-order valence-electron chi connectivity index (χ3n) is 3.84. The SMILES string of the molecule is CC(C)N1CCc2c(sc(NC(=O)C(C)(C)C)c2C#N)C1.[Cl-]. The fourth-order valence-corrected chi connectivity index (χ4v) is 3.58. The molecule has 4 nitrogen and oxygen atoms in total. The van der Waals surface area contributed by atoms with Crippen molar-refractivity contribution in [2.45, 2.75) is 53.6 Å². The van der Waals surface area contributed by atoms with Crippen molar-refractivity contribution in [2.75, 3.05) is 11.9 Å². The Morgan fingerprint density at radius 2 is 2.05 bits per heavy atom. The molecule has 22 heavy (non-hydrogen) atoms. The summed E-state index contributed by atoms with van der Waals surface area (Å²) < 4.78 is 0. The normalized spacial score (nSPS) is 15.0. The maximum Gasteiger partial charge on any atom is 0.230 e. The van der Waals surface area contributed by atoms with Gasteiger partial charge in [-0.1, -0.05) is 20.8 Å². The van der Waals surface area contributed by atoms with Crippen LogP contribution in [0.2, 0.25) is 0 Å². The van der Waals surface area contributed by atoms with Gasteiger partial charge in [0.1, 0.15) is 11.1 Å². The molecule has 0 unspecified atom stereocenters. The Labute approximate surface area is 142 Å². The zero-order chi connectivity index (χ0) is 15.8. The van der Waals surface area contributed by atoms with Crippen molar-refractivity contribution >= 4 is 22.2 Å². The molecule has 6 heteroatoms. The molecule has 0 atom stereocenters. The van der Waals surface area contributed by atoms with Gasteiger partial charge in [-0.15, -0.1) is 11.3 Å². The summed E-state index contributed by atoms with van der Waals surface area (Å²) in [6.45, 7) is 11.9. The number of hydrogen-bond donors (Lipinski definition) is 1. The fraction of sp³-hybridized carbons (Fsp3) is 0.625. The minimum atomic E-state index is -0.457. The first-order valence-corrected chi connectivity index (χ1v) is 8.15. The second-order valence-corrected chi connectivity index (χ2v) is 7.94. The number of fused-ring (bicyclic) bond motifs is 1. The quantitative estimate of drug-likeness (QED) is 0.846. The van der Waals surface area contributed by atoms with Gasteiger partial charge in [-0.05, 0) is 25.8 Å². The van der Waals surface area contributed by atoms with E-state index < -0.39 is 5.41 Å². The smallest absolute Gasteiger partial charge is 0.230 e. The van der Waals surface area contributed by atoms with Gasteiger partial charge in [-0.3, -0.25) is 9.69 Å². The Hall–Kier alpha value is -1.09. The Morgan fingerprint density at radius 3 is 2.55 bits per heavy atom. The number of halogens is 1. The minimum absolute atomic E-state index is 0. The van der Waals surface area contributed by atoms with E-state index in [0.29, 0.717) is 16.6 Å². The van der Waals surface area contributed by atoms with Crippen LogP contribution in [0.5, 0.6) is 0 Å². The highest BCUT2D eigenvalue weighted by Gasteiger charge is 2.28. The maximum absolute atomic E-state index is 12.2. The fourth-order valence-electron chi connectivity index (χ4n) is 2.36. The van der Waals surface area contributed by atoms with E-state index in [0.717, 1.165) is 25.1 Å². The zero-order valence-electron chi connectivity index (χ0n) is 13.8. The zero-order valence-corrected chi connectivity index (χ0v) is 15.4. The number of carbonyl (C=O) groups excluding carboxylic acids is 1. The van der Waals surface area contributed by atoms with Crippen LogP contribution in [-0.4, -0.2) is 23.4 Å². The molecule has 0 saturated heterocycles. The Bertz CT molecular complexity index is 596. The van der Waals surface area contributed by atoms with E-state index in [1.165, 1.54) is 4.88 Å². The lowest BCUT2D eigenvalue weighted by Crippen LogP contribution is -3.00. The van der Waals surface area contributed by atoms with E-state index in [-0.39, 0.29) is 18.3 Å². The molecule has 0 radical (unpaired) electrons. The average Bonchev–Trinajstić information content (AvgIpc) is 2.73. The molecule has 122 valence electrons. The molecule has 2 heterocycles. The molecule has 0 aliphatic carbocycles. The van der Waals surface area contributed by atoms with Crippen molar-refractivity contribution in [3.63, 3.8) is 0 Å². The summed E-state index contributed by atoms with van der Waals surface area (Å²) in [6, 6.07) is 2.78. The van der Waals surface area contributed by atoms with Gasteiger partial charge in [-0.25, -0.2) is 0 Å². The topological polar surface area (TPSA) is 56.1 Å². The van der Waals surface area contributed by atoms with Gasteiger partial charge in [0.15, 0.2) is 0 Å². The van der Waals surface area contributed by atoms with Crippen LogP contribution in [0.1, 0.15) is 50.6 Å². The lowest BCUT2D eigenvalue weighted by Gasteiger charge is -2.30. The van der Waals surface area contributed by atoms with E-state index in [1.807, 2.05) is 20.8 Å². The molecule has 2 rings (SSSR count). The molecule has 0 bridgehead atoms. The number of anilines is 1. The molecule has 1 amide bonds. The molecular weight excluding hydrogens is 318 g/mol. The first kappa shape index (κ1) is 19.0. The molecule has 0 saturated carbocycles. The number of carbonyl (C=O) groups is 1. The van der Waals surface area contributed by atoms with Crippen LogP contribution in [0.25, 0.3) is 0 Å². The van der Waals surface area contributed by atoms with Crippen molar-refractivity contribution < 1.29 is 17.2 Å². The number of nitrogens with zero attached hydrogens (tertiary/aromatic N) is 2. The van der Waals surface area contributed by atoms with Crippen LogP contribution in [-0.2, 0) is 17.8 Å². The number of nitrogens with one attached hydrogen (secondary N) is 1. The molecule has 0 aromatic carbocycles. The van der Waals surface area contributed by atoms with Gasteiger partial charge >= 0.3 is 0 Å². The second-order valence-electron chi connectivity index (χ2n) is 6.84. The van der Waals surface area contributed by atoms with Gasteiger partial charge in [-0.2, -0.15) is 5.26 Å². The molecule has 1 aliphatic heterocycles. The monoisotopic (exact) mass is 340 g/mol. The lowest BCUT2D eigenvalue weighted by atomic mass is 9.95. The average molecular weight is 341 g/mol. The Kier molecular flexibility index (Phi) is 6.03. The van der Waals surface area contributed by atoms with Crippen LogP contribution in [0.3, 0.4) is 0 Å². The predicted molar refractivity (Wildman–Crippen MR) is 86.4 cm³/mol. The van der Waals surface area contributed by atoms with Gasteiger partial charge in [0.05, 0.1) is 5.56 Å². The van der Waals surface area contributed by atoms with Gasteiger partial charge in [0, 0.05) is 29.4 Å². The molecular formula is C16H23ClN3OS-. The largest absolute Gasteiger partial charge is 1.00 e. The van der Waals surface area contributed by atoms with Crippen LogP contribution in [0.4, 0.5) is 5.00 Å². The standard InChI is InChI=1S/C16H23N3OS.ClH/c1-10(2)19-7-6-11-12(8-17)14(21-13(11)9-19)18-15(20)16(3,4)5;/h10H,6-7,9H2,1-5H3,(H,18,20);1H/p-1. The third-order valence-corrected chi connectivity index (χ3v) is 4.97. The molecule has 0 spiro atoms. The number of amides is 1. The summed E-state index contributed by atoms with van der Waals surface area (Å²) >= 11 is 1.56. The molecule has 1 aromatic rings. The van der Waals surface area contributed by atoms with Crippen molar-refractivity contribution in [2.24, 2.45) is 5.41 Å². The summed E-state index contributed by atoms with van der Waals surface area (Å²) in [4.78, 5) is 15.8. The van der Waals surface area contributed by atoms with Crippen LogP contribution < -0.4 is 17.7 Å². The summed E-state index contributed by atoms with van der Waals surface area (Å²) in [5.41, 5.74) is 1.33. The molecule has 1 aromatic heterocycles. The lowest BCUT2D eigenvalue weighted by molar-refractivity contribution is -0.123. The van der Waals surface area contributed by atoms with Crippen LogP contribution in [0.15, 0.2) is 0 Å². The Morgan fingerprint density at radius 1 is 1.41 bits per heavy atom. The van der Waals surface area contributed by atoms with Gasteiger partial charge < -0.3 is 17.7 Å². The summed E-state index contributed by atoms with van der Waals surface area (Å²) in [5.74, 6) is -0.0432. The number of rotatable bonds is 2. The summed E-state index contributed by atoms with van der Waals surface area (Å²) in [5, 5.41) is 13.1. The highest BCUT2D eigenvalue weighted by atomic mass is 35.5. The number of hydrogen-bond acceptors (Lipinski definition) is 4. The number of thiophene rings is 1. The first-order valence-electron chi connectivity index (χ1n) is 7.34. The molecule has 1 aliphatic rings. The highest BCUT2D eigenvalue weighted by Crippen LogP contribution is 2.37.